The number of thiocarbonyl (C=S) groups is 1. The second-order valence-electron chi connectivity index (χ2n) is 6.34. The summed E-state index contributed by atoms with van der Waals surface area (Å²) in [6.07, 6.45) is 1.70. The number of nitrogens with one attached hydrogen (secondary N) is 2. The van der Waals surface area contributed by atoms with Gasteiger partial charge in [-0.1, -0.05) is 0 Å². The minimum absolute atomic E-state index is 0.0539. The second-order valence-corrected chi connectivity index (χ2v) is 13.0. The zero-order valence-electron chi connectivity index (χ0n) is 14.8. The van der Waals surface area contributed by atoms with Crippen molar-refractivity contribution in [2.45, 2.75) is 0 Å². The van der Waals surface area contributed by atoms with Crippen LogP contribution >= 0.6 is 12.2 Å². The van der Waals surface area contributed by atoms with Crippen LogP contribution in [0.3, 0.4) is 0 Å². The van der Waals surface area contributed by atoms with Gasteiger partial charge in [-0.25, -0.2) is 0 Å². The maximum atomic E-state index is 12.1. The Morgan fingerprint density at radius 2 is 1.41 bits per heavy atom. The van der Waals surface area contributed by atoms with Crippen molar-refractivity contribution in [3.05, 3.63) is 69.8 Å². The monoisotopic (exact) mass is 631 g/mol. The van der Waals surface area contributed by atoms with Crippen LogP contribution in [0.1, 0.15) is 3.58 Å². The number of carbonyl (C=O) groups is 2. The van der Waals surface area contributed by atoms with Gasteiger partial charge in [0.25, 0.3) is 0 Å². The molecule has 2 amide bonds. The number of fused-ring (bicyclic) bond motifs is 2. The maximum absolute atomic E-state index is 12.1. The van der Waals surface area contributed by atoms with Crippen molar-refractivity contribution in [2.24, 2.45) is 0 Å². The van der Waals surface area contributed by atoms with Crippen LogP contribution < -0.4 is 22.8 Å². The first-order valence-corrected chi connectivity index (χ1v) is 13.8. The number of hydrogen-bond donors (Lipinski definition) is 2. The number of benzene rings is 2. The summed E-state index contributed by atoms with van der Waals surface area (Å²) in [6, 6.07) is 21.3. The molecule has 3 aromatic rings. The Morgan fingerprint density at radius 1 is 0.828 bits per heavy atom. The third kappa shape index (κ3) is 3.57. The van der Waals surface area contributed by atoms with E-state index in [4.69, 9.17) is 12.2 Å². The fourth-order valence-electron chi connectivity index (χ4n) is 3.23. The van der Waals surface area contributed by atoms with Gasteiger partial charge >= 0.3 is 194 Å². The molecule has 0 spiro atoms. The van der Waals surface area contributed by atoms with E-state index in [1.54, 1.807) is 6.08 Å². The summed E-state index contributed by atoms with van der Waals surface area (Å²) in [5.74, 6) is -0.889. The third-order valence-electron chi connectivity index (χ3n) is 4.50. The summed E-state index contributed by atoms with van der Waals surface area (Å²) in [4.78, 5) is 26.7. The van der Waals surface area contributed by atoms with E-state index < -0.39 is 53.2 Å². The minimum atomic E-state index is -0.767. The summed E-state index contributed by atoms with van der Waals surface area (Å²) in [5.41, 5.74) is 2.62. The van der Waals surface area contributed by atoms with Crippen molar-refractivity contribution in [3.63, 3.8) is 0 Å². The number of hydrogen-bond acceptors (Lipinski definition) is 4. The normalized spacial score (nSPS) is 15.4. The van der Waals surface area contributed by atoms with Gasteiger partial charge in [-0.3, -0.25) is 0 Å². The molecule has 0 aliphatic carbocycles. The molecule has 0 unspecified atom stereocenters. The molecule has 0 bridgehead atoms. The zero-order valence-corrected chi connectivity index (χ0v) is 20.3. The molecule has 2 aliphatic heterocycles. The van der Waals surface area contributed by atoms with Gasteiger partial charge in [0.1, 0.15) is 0 Å². The van der Waals surface area contributed by atoms with E-state index in [-0.39, 0.29) is 10.7 Å². The molecule has 0 saturated carbocycles. The number of rotatable bonds is 2. The standard InChI is InChI=1S/C21H13N3O2STe2/c25-19-13(20(26)23-21(27)22-19)11-12-9-10-18(28-12)24-14-5-1-3-7-16(14)29-17-8-4-2-6-15(17)24/h1-11H,(H2,22,23,25,26,27). The summed E-state index contributed by atoms with van der Waals surface area (Å²) in [6.45, 7) is 0. The third-order valence-corrected chi connectivity index (χ3v) is 10.8. The molecule has 5 rings (SSSR count). The van der Waals surface area contributed by atoms with E-state index in [0.29, 0.717) is 0 Å². The van der Waals surface area contributed by atoms with Gasteiger partial charge in [0, 0.05) is 0 Å². The summed E-state index contributed by atoms with van der Waals surface area (Å²) in [5, 5.41) is 5.04. The summed E-state index contributed by atoms with van der Waals surface area (Å²) >= 11 is 3.68. The first-order chi connectivity index (χ1) is 14.1. The van der Waals surface area contributed by atoms with Gasteiger partial charge in [0.05, 0.1) is 0 Å². The van der Waals surface area contributed by atoms with E-state index >= 15 is 0 Å². The van der Waals surface area contributed by atoms with Crippen molar-refractivity contribution in [1.29, 1.82) is 0 Å². The molecule has 142 valence electrons. The van der Waals surface area contributed by atoms with E-state index in [1.807, 2.05) is 6.07 Å². The second kappa shape index (κ2) is 7.72. The van der Waals surface area contributed by atoms with E-state index in [2.05, 4.69) is 70.1 Å². The first-order valence-electron chi connectivity index (χ1n) is 8.74. The molecule has 0 atom stereocenters. The molecule has 0 radical (unpaired) electrons. The Balaban J connectivity index is 1.56. The quantitative estimate of drug-likeness (QED) is 0.152. The van der Waals surface area contributed by atoms with Crippen LogP contribution in [0.2, 0.25) is 0 Å². The van der Waals surface area contributed by atoms with Crippen LogP contribution in [0.25, 0.3) is 6.08 Å². The average Bonchev–Trinajstić information content (AvgIpc) is 3.17. The van der Waals surface area contributed by atoms with Gasteiger partial charge < -0.3 is 0 Å². The Kier molecular flexibility index (Phi) is 5.07. The molecule has 1 saturated heterocycles. The van der Waals surface area contributed by atoms with E-state index in [0.717, 1.165) is 3.58 Å². The van der Waals surface area contributed by atoms with Crippen molar-refractivity contribution in [3.8, 4) is 0 Å². The molecular weight excluding hydrogens is 614 g/mol. The fourth-order valence-corrected chi connectivity index (χ4v) is 9.23. The number of para-hydroxylation sites is 2. The zero-order chi connectivity index (χ0) is 20.0. The Bertz CT molecular complexity index is 1150. The van der Waals surface area contributed by atoms with Crippen molar-refractivity contribution < 1.29 is 9.59 Å². The topological polar surface area (TPSA) is 61.4 Å². The van der Waals surface area contributed by atoms with Gasteiger partial charge in [0.15, 0.2) is 0 Å². The van der Waals surface area contributed by atoms with Gasteiger partial charge in [-0.05, 0) is 0 Å². The number of nitrogens with zero attached hydrogens (tertiary/aromatic N) is 1. The van der Waals surface area contributed by atoms with Crippen molar-refractivity contribution >= 4 is 98.9 Å². The fraction of sp³-hybridized carbons (Fsp3) is 0. The predicted molar refractivity (Wildman–Crippen MR) is 120 cm³/mol. The Hall–Kier alpha value is -1.93. The van der Waals surface area contributed by atoms with Crippen molar-refractivity contribution in [1.82, 2.24) is 10.6 Å². The molecule has 29 heavy (non-hydrogen) atoms. The molecule has 1 aromatic heterocycles. The number of anilines is 3. The van der Waals surface area contributed by atoms with Crippen LogP contribution in [0.15, 0.2) is 66.2 Å². The van der Waals surface area contributed by atoms with Crippen LogP contribution in [0, 0.1) is 0 Å². The van der Waals surface area contributed by atoms with Crippen LogP contribution in [-0.2, 0) is 9.59 Å². The molecule has 2 aliphatic rings. The molecule has 3 heterocycles. The molecule has 2 aromatic carbocycles. The number of carbonyl (C=O) groups excluding carboxylic acids is 2. The van der Waals surface area contributed by atoms with Crippen LogP contribution in [-0.4, -0.2) is 58.3 Å². The summed E-state index contributed by atoms with van der Waals surface area (Å²) in [7, 11) is 0. The molecular formula is C21H13N3O2STe2. The SMILES string of the molecule is O=C1NC(=S)NC(=O)C1=Cc1ccc(N2c3ccccc3[Te]c3ccccc32)[te]1. The van der Waals surface area contributed by atoms with Gasteiger partial charge in [-0.15, -0.1) is 0 Å². The summed E-state index contributed by atoms with van der Waals surface area (Å²) < 4.78 is 5.14. The molecule has 5 nitrogen and oxygen atoms in total. The Labute approximate surface area is 192 Å². The molecule has 1 fully saturated rings. The number of amides is 2. The van der Waals surface area contributed by atoms with Crippen LogP contribution in [0.4, 0.5) is 15.1 Å². The molecule has 8 heteroatoms. The van der Waals surface area contributed by atoms with E-state index in [9.17, 15) is 9.59 Å². The average molecular weight is 627 g/mol. The van der Waals surface area contributed by atoms with Gasteiger partial charge in [-0.2, -0.15) is 0 Å². The van der Waals surface area contributed by atoms with E-state index in [1.165, 1.54) is 22.3 Å². The molecule has 2 N–H and O–H groups in total. The Morgan fingerprint density at radius 3 is 2.03 bits per heavy atom. The van der Waals surface area contributed by atoms with Crippen LogP contribution in [0.5, 0.6) is 0 Å². The van der Waals surface area contributed by atoms with Crippen molar-refractivity contribution in [2.75, 3.05) is 4.90 Å². The predicted octanol–water partition coefficient (Wildman–Crippen LogP) is 1.10. The first kappa shape index (κ1) is 19.1. The van der Waals surface area contributed by atoms with Gasteiger partial charge in [0.2, 0.25) is 0 Å².